The van der Waals surface area contributed by atoms with E-state index in [-0.39, 0.29) is 13.2 Å². The molecule has 38 heavy (non-hydrogen) atoms. The zero-order valence-corrected chi connectivity index (χ0v) is 21.5. The molecule has 5 N–H and O–H groups in total. The third kappa shape index (κ3) is 7.93. The van der Waals surface area contributed by atoms with Crippen molar-refractivity contribution >= 4 is 23.4 Å². The van der Waals surface area contributed by atoms with Gasteiger partial charge in [-0.05, 0) is 41.8 Å². The van der Waals surface area contributed by atoms with E-state index in [0.717, 1.165) is 55.4 Å². The topological polar surface area (TPSA) is 144 Å². The molecule has 0 aliphatic carbocycles. The molecule has 11 nitrogen and oxygen atoms in total. The standard InChI is InChI=1S/C27H36N8O3/c28-6-9-35(8-2-14-36)27-30-17-23(18-31-27)22-5-7-29-25(16-22)32-24-4-1-3-21(15-24)19-33-10-12-34(13-11-33)20-26(37)38/h1,3-5,7,15-18,36H,2,6,8-14,19-20,28H2,(H,29,32)(H,37,38). The number of aromatic nitrogens is 3. The van der Waals surface area contributed by atoms with Crippen LogP contribution in [0.3, 0.4) is 0 Å². The molecule has 11 heteroatoms. The Kier molecular flexibility index (Phi) is 9.93. The molecule has 0 spiro atoms. The van der Waals surface area contributed by atoms with Gasteiger partial charge in [-0.2, -0.15) is 0 Å². The second-order valence-electron chi connectivity index (χ2n) is 9.33. The number of rotatable bonds is 13. The number of hydrogen-bond donors (Lipinski definition) is 4. The van der Waals surface area contributed by atoms with Crippen molar-refractivity contribution < 1.29 is 15.0 Å². The second kappa shape index (κ2) is 13.8. The smallest absolute Gasteiger partial charge is 0.317 e. The number of benzene rings is 1. The Morgan fingerprint density at radius 1 is 1.00 bits per heavy atom. The van der Waals surface area contributed by atoms with Gasteiger partial charge in [0.25, 0.3) is 0 Å². The molecule has 0 saturated carbocycles. The fraction of sp³-hybridized carbons (Fsp3) is 0.407. The maximum atomic E-state index is 10.9. The number of carboxylic acid groups (broad SMARTS) is 1. The maximum absolute atomic E-state index is 10.9. The van der Waals surface area contributed by atoms with Crippen LogP contribution in [0.5, 0.6) is 0 Å². The second-order valence-corrected chi connectivity index (χ2v) is 9.33. The van der Waals surface area contributed by atoms with Crippen molar-refractivity contribution in [3.63, 3.8) is 0 Å². The van der Waals surface area contributed by atoms with E-state index in [1.807, 2.05) is 34.1 Å². The number of nitrogens with two attached hydrogens (primary N) is 1. The van der Waals surface area contributed by atoms with Crippen molar-refractivity contribution in [2.24, 2.45) is 5.73 Å². The minimum atomic E-state index is -0.775. The number of nitrogens with one attached hydrogen (secondary N) is 1. The number of carbonyl (C=O) groups is 1. The van der Waals surface area contributed by atoms with Crippen LogP contribution in [0.2, 0.25) is 0 Å². The third-order valence-electron chi connectivity index (χ3n) is 6.43. The van der Waals surface area contributed by atoms with Crippen molar-refractivity contribution in [3.8, 4) is 11.1 Å². The van der Waals surface area contributed by atoms with Crippen molar-refractivity contribution in [1.29, 1.82) is 0 Å². The van der Waals surface area contributed by atoms with Crippen LogP contribution in [0.1, 0.15) is 12.0 Å². The van der Waals surface area contributed by atoms with Crippen LogP contribution in [0, 0.1) is 0 Å². The molecule has 0 unspecified atom stereocenters. The summed E-state index contributed by atoms with van der Waals surface area (Å²) in [7, 11) is 0. The van der Waals surface area contributed by atoms with E-state index in [1.54, 1.807) is 18.6 Å². The molecular weight excluding hydrogens is 484 g/mol. The molecule has 0 amide bonds. The third-order valence-corrected chi connectivity index (χ3v) is 6.43. The monoisotopic (exact) mass is 520 g/mol. The molecule has 3 heterocycles. The lowest BCUT2D eigenvalue weighted by Gasteiger charge is -2.33. The molecule has 1 aliphatic rings. The van der Waals surface area contributed by atoms with Crippen LogP contribution in [0.25, 0.3) is 11.1 Å². The number of carboxylic acids is 1. The zero-order valence-electron chi connectivity index (χ0n) is 21.5. The molecule has 1 saturated heterocycles. The number of aliphatic hydroxyl groups is 1. The lowest BCUT2D eigenvalue weighted by molar-refractivity contribution is -0.138. The Morgan fingerprint density at radius 2 is 1.76 bits per heavy atom. The van der Waals surface area contributed by atoms with Gasteiger partial charge in [0, 0.05) is 88.8 Å². The molecule has 1 aliphatic heterocycles. The molecule has 1 aromatic carbocycles. The van der Waals surface area contributed by atoms with Crippen molar-refractivity contribution in [1.82, 2.24) is 24.8 Å². The summed E-state index contributed by atoms with van der Waals surface area (Å²) in [5, 5.41) is 21.5. The van der Waals surface area contributed by atoms with Crippen molar-refractivity contribution in [2.75, 3.05) is 69.2 Å². The fourth-order valence-electron chi connectivity index (χ4n) is 4.49. The van der Waals surface area contributed by atoms with Crippen LogP contribution in [-0.4, -0.2) is 99.9 Å². The molecule has 202 valence electrons. The van der Waals surface area contributed by atoms with Crippen LogP contribution < -0.4 is 16.0 Å². The highest BCUT2D eigenvalue weighted by molar-refractivity contribution is 5.69. The average Bonchev–Trinajstić information content (AvgIpc) is 2.92. The Balaban J connectivity index is 1.37. The number of nitrogens with zero attached hydrogens (tertiary/aromatic N) is 6. The largest absolute Gasteiger partial charge is 0.480 e. The van der Waals surface area contributed by atoms with E-state index < -0.39 is 5.97 Å². The maximum Gasteiger partial charge on any atom is 0.317 e. The quantitative estimate of drug-likeness (QED) is 0.261. The van der Waals surface area contributed by atoms with E-state index in [0.29, 0.717) is 32.0 Å². The van der Waals surface area contributed by atoms with Gasteiger partial charge in [-0.25, -0.2) is 15.0 Å². The van der Waals surface area contributed by atoms with E-state index in [1.165, 1.54) is 5.56 Å². The number of aliphatic carboxylic acids is 1. The summed E-state index contributed by atoms with van der Waals surface area (Å²) >= 11 is 0. The number of piperazine rings is 1. The molecule has 0 bridgehead atoms. The molecule has 0 radical (unpaired) electrons. The Morgan fingerprint density at radius 3 is 2.47 bits per heavy atom. The Hall–Kier alpha value is -3.64. The Bertz CT molecular complexity index is 1170. The van der Waals surface area contributed by atoms with Gasteiger partial charge in [0.1, 0.15) is 5.82 Å². The summed E-state index contributed by atoms with van der Waals surface area (Å²) in [6.45, 7) is 6.01. The number of aliphatic hydroxyl groups excluding tert-OH is 1. The SMILES string of the molecule is NCCN(CCCO)c1ncc(-c2ccnc(Nc3cccc(CN4CCN(CC(=O)O)CC4)c3)c2)cn1. The van der Waals surface area contributed by atoms with Gasteiger partial charge >= 0.3 is 5.97 Å². The highest BCUT2D eigenvalue weighted by Crippen LogP contribution is 2.24. The van der Waals surface area contributed by atoms with Crippen LogP contribution in [0.4, 0.5) is 17.5 Å². The predicted octanol–water partition coefficient (Wildman–Crippen LogP) is 1.63. The van der Waals surface area contributed by atoms with Crippen molar-refractivity contribution in [2.45, 2.75) is 13.0 Å². The van der Waals surface area contributed by atoms with Crippen LogP contribution in [-0.2, 0) is 11.3 Å². The fourth-order valence-corrected chi connectivity index (χ4v) is 4.49. The molecular formula is C27H36N8O3. The van der Waals surface area contributed by atoms with Gasteiger partial charge in [-0.1, -0.05) is 12.1 Å². The van der Waals surface area contributed by atoms with Crippen molar-refractivity contribution in [3.05, 3.63) is 60.6 Å². The predicted molar refractivity (Wildman–Crippen MR) is 147 cm³/mol. The minimum absolute atomic E-state index is 0.104. The zero-order chi connectivity index (χ0) is 26.7. The first kappa shape index (κ1) is 27.4. The van der Waals surface area contributed by atoms with E-state index in [9.17, 15) is 4.79 Å². The first-order valence-corrected chi connectivity index (χ1v) is 12.9. The molecule has 1 fully saturated rings. The number of hydrogen-bond acceptors (Lipinski definition) is 10. The molecule has 2 aromatic heterocycles. The summed E-state index contributed by atoms with van der Waals surface area (Å²) < 4.78 is 0. The van der Waals surface area contributed by atoms with E-state index in [2.05, 4.69) is 37.3 Å². The highest BCUT2D eigenvalue weighted by Gasteiger charge is 2.18. The summed E-state index contributed by atoms with van der Waals surface area (Å²) in [5.41, 5.74) is 9.68. The summed E-state index contributed by atoms with van der Waals surface area (Å²) in [5.74, 6) is 0.543. The van der Waals surface area contributed by atoms with Gasteiger partial charge in [-0.15, -0.1) is 0 Å². The van der Waals surface area contributed by atoms with Gasteiger partial charge in [-0.3, -0.25) is 14.6 Å². The highest BCUT2D eigenvalue weighted by atomic mass is 16.4. The molecule has 4 rings (SSSR count). The first-order valence-electron chi connectivity index (χ1n) is 12.9. The lowest BCUT2D eigenvalue weighted by Crippen LogP contribution is -2.47. The summed E-state index contributed by atoms with van der Waals surface area (Å²) in [6, 6.07) is 12.2. The van der Waals surface area contributed by atoms with Gasteiger partial charge in [0.05, 0.1) is 6.54 Å². The van der Waals surface area contributed by atoms with Crippen LogP contribution in [0.15, 0.2) is 55.0 Å². The van der Waals surface area contributed by atoms with Gasteiger partial charge < -0.3 is 26.2 Å². The van der Waals surface area contributed by atoms with Gasteiger partial charge in [0.15, 0.2) is 0 Å². The lowest BCUT2D eigenvalue weighted by atomic mass is 10.1. The van der Waals surface area contributed by atoms with E-state index in [4.69, 9.17) is 15.9 Å². The first-order chi connectivity index (χ1) is 18.5. The average molecular weight is 521 g/mol. The summed E-state index contributed by atoms with van der Waals surface area (Å²) in [4.78, 5) is 30.8. The minimum Gasteiger partial charge on any atom is -0.480 e. The normalized spacial score (nSPS) is 14.4. The van der Waals surface area contributed by atoms with E-state index >= 15 is 0 Å². The van der Waals surface area contributed by atoms with Gasteiger partial charge in [0.2, 0.25) is 5.95 Å². The molecule has 0 atom stereocenters. The number of pyridine rings is 1. The Labute approximate surface area is 222 Å². The summed E-state index contributed by atoms with van der Waals surface area (Å²) in [6.07, 6.45) is 5.98. The van der Waals surface area contributed by atoms with Crippen LogP contribution >= 0.6 is 0 Å². The molecule has 3 aromatic rings. The number of anilines is 3.